The second-order valence-electron chi connectivity index (χ2n) is 6.78. The molecule has 4 heteroatoms. The fourth-order valence-electron chi connectivity index (χ4n) is 3.23. The normalized spacial score (nSPS) is 18.6. The molecule has 0 spiro atoms. The Bertz CT molecular complexity index is 470. The van der Waals surface area contributed by atoms with Crippen LogP contribution >= 0.6 is 0 Å². The second kappa shape index (κ2) is 7.93. The predicted molar refractivity (Wildman–Crippen MR) is 86.4 cm³/mol. The molecule has 1 aromatic rings. The van der Waals surface area contributed by atoms with E-state index in [1.54, 1.807) is 6.07 Å². The number of rotatable bonds is 6. The van der Waals surface area contributed by atoms with Gasteiger partial charge in [-0.25, -0.2) is 4.39 Å². The molecule has 22 heavy (non-hydrogen) atoms. The molecular formula is C18H28FNO2. The molecule has 0 radical (unpaired) electrons. The van der Waals surface area contributed by atoms with E-state index in [2.05, 4.69) is 18.7 Å². The number of methoxy groups -OCH3 is 1. The maximum atomic E-state index is 13.4. The van der Waals surface area contributed by atoms with E-state index >= 15 is 0 Å². The molecule has 0 aromatic heterocycles. The van der Waals surface area contributed by atoms with E-state index in [4.69, 9.17) is 4.74 Å². The number of halogens is 1. The van der Waals surface area contributed by atoms with E-state index < -0.39 is 0 Å². The molecule has 1 aromatic carbocycles. The summed E-state index contributed by atoms with van der Waals surface area (Å²) in [5, 5.41) is 10.2. The monoisotopic (exact) mass is 309 g/mol. The highest BCUT2D eigenvalue weighted by atomic mass is 19.1. The molecule has 0 saturated carbocycles. The van der Waals surface area contributed by atoms with Crippen molar-refractivity contribution in [2.75, 3.05) is 20.2 Å². The van der Waals surface area contributed by atoms with E-state index in [0.717, 1.165) is 44.5 Å². The summed E-state index contributed by atoms with van der Waals surface area (Å²) in [6.45, 7) is 7.09. The minimum absolute atomic E-state index is 0.173. The highest BCUT2D eigenvalue weighted by Crippen LogP contribution is 2.26. The summed E-state index contributed by atoms with van der Waals surface area (Å²) in [6.07, 6.45) is 2.78. The van der Waals surface area contributed by atoms with Gasteiger partial charge < -0.3 is 9.84 Å². The minimum atomic E-state index is -0.318. The molecule has 1 N–H and O–H groups in total. The summed E-state index contributed by atoms with van der Waals surface area (Å²) < 4.78 is 18.5. The SMILES string of the molecule is COc1cc(CN2CCC(C(O)CC(C)C)CC2)ccc1F. The average Bonchev–Trinajstić information content (AvgIpc) is 2.49. The van der Waals surface area contributed by atoms with Crippen molar-refractivity contribution in [2.24, 2.45) is 11.8 Å². The first-order valence-electron chi connectivity index (χ1n) is 8.22. The summed E-state index contributed by atoms with van der Waals surface area (Å²) in [4.78, 5) is 2.37. The molecule has 0 bridgehead atoms. The van der Waals surface area contributed by atoms with Gasteiger partial charge in [0.15, 0.2) is 11.6 Å². The van der Waals surface area contributed by atoms with E-state index in [0.29, 0.717) is 17.6 Å². The van der Waals surface area contributed by atoms with Crippen LogP contribution in [0.3, 0.4) is 0 Å². The van der Waals surface area contributed by atoms with Crippen LogP contribution < -0.4 is 4.74 Å². The molecular weight excluding hydrogens is 281 g/mol. The second-order valence-corrected chi connectivity index (χ2v) is 6.78. The average molecular weight is 309 g/mol. The van der Waals surface area contributed by atoms with Gasteiger partial charge in [-0.1, -0.05) is 19.9 Å². The predicted octanol–water partition coefficient (Wildman–Crippen LogP) is 3.45. The fourth-order valence-corrected chi connectivity index (χ4v) is 3.23. The quantitative estimate of drug-likeness (QED) is 0.873. The molecule has 0 amide bonds. The van der Waals surface area contributed by atoms with Crippen LogP contribution in [0.1, 0.15) is 38.7 Å². The largest absolute Gasteiger partial charge is 0.494 e. The van der Waals surface area contributed by atoms with Gasteiger partial charge >= 0.3 is 0 Å². The number of likely N-dealkylation sites (tertiary alicyclic amines) is 1. The standard InChI is InChI=1S/C18H28FNO2/c1-13(2)10-17(21)15-6-8-20(9-7-15)12-14-4-5-16(19)18(11-14)22-3/h4-5,11,13,15,17,21H,6-10,12H2,1-3H3. The smallest absolute Gasteiger partial charge is 0.165 e. The van der Waals surface area contributed by atoms with Gasteiger partial charge in [-0.2, -0.15) is 0 Å². The lowest BCUT2D eigenvalue weighted by atomic mass is 9.87. The summed E-state index contributed by atoms with van der Waals surface area (Å²) in [5.41, 5.74) is 1.07. The fraction of sp³-hybridized carbons (Fsp3) is 0.667. The first-order valence-corrected chi connectivity index (χ1v) is 8.22. The first-order chi connectivity index (χ1) is 10.5. The number of aliphatic hydroxyl groups excluding tert-OH is 1. The van der Waals surface area contributed by atoms with Crippen molar-refractivity contribution in [3.8, 4) is 5.75 Å². The van der Waals surface area contributed by atoms with Crippen molar-refractivity contribution in [3.05, 3.63) is 29.6 Å². The molecule has 1 heterocycles. The summed E-state index contributed by atoms with van der Waals surface area (Å²) in [7, 11) is 1.49. The number of nitrogens with zero attached hydrogens (tertiary/aromatic N) is 1. The Labute approximate surface area is 133 Å². The lowest BCUT2D eigenvalue weighted by Gasteiger charge is -2.34. The van der Waals surface area contributed by atoms with Crippen molar-refractivity contribution in [1.29, 1.82) is 0 Å². The number of hydrogen-bond acceptors (Lipinski definition) is 3. The van der Waals surface area contributed by atoms with Gasteiger partial charge in [0.05, 0.1) is 13.2 Å². The third-order valence-electron chi connectivity index (χ3n) is 4.51. The van der Waals surface area contributed by atoms with Crippen molar-refractivity contribution < 1.29 is 14.2 Å². The highest BCUT2D eigenvalue weighted by Gasteiger charge is 2.25. The molecule has 1 atom stereocenters. The summed E-state index contributed by atoms with van der Waals surface area (Å²) >= 11 is 0. The van der Waals surface area contributed by atoms with Crippen LogP contribution in [-0.2, 0) is 6.54 Å². The maximum Gasteiger partial charge on any atom is 0.165 e. The Balaban J connectivity index is 1.85. The molecule has 1 aliphatic heterocycles. The minimum Gasteiger partial charge on any atom is -0.494 e. The van der Waals surface area contributed by atoms with Crippen molar-refractivity contribution in [1.82, 2.24) is 4.90 Å². The zero-order chi connectivity index (χ0) is 16.1. The van der Waals surface area contributed by atoms with Crippen LogP contribution in [0.4, 0.5) is 4.39 Å². The number of piperidine rings is 1. The van der Waals surface area contributed by atoms with Crippen molar-refractivity contribution in [3.63, 3.8) is 0 Å². The van der Waals surface area contributed by atoms with Gasteiger partial charge in [-0.3, -0.25) is 4.90 Å². The van der Waals surface area contributed by atoms with E-state index in [-0.39, 0.29) is 11.9 Å². The van der Waals surface area contributed by atoms with Crippen molar-refractivity contribution >= 4 is 0 Å². The Morgan fingerprint density at radius 2 is 2.00 bits per heavy atom. The third kappa shape index (κ3) is 4.68. The maximum absolute atomic E-state index is 13.4. The zero-order valence-electron chi connectivity index (χ0n) is 13.9. The van der Waals surface area contributed by atoms with E-state index in [9.17, 15) is 9.50 Å². The van der Waals surface area contributed by atoms with Crippen LogP contribution in [0, 0.1) is 17.7 Å². The number of aliphatic hydroxyl groups is 1. The summed E-state index contributed by atoms with van der Waals surface area (Å²) in [6, 6.07) is 5.06. The van der Waals surface area contributed by atoms with Gasteiger partial charge in [0.1, 0.15) is 0 Å². The highest BCUT2D eigenvalue weighted by molar-refractivity contribution is 5.30. The summed E-state index contributed by atoms with van der Waals surface area (Å²) in [5.74, 6) is 0.947. The third-order valence-corrected chi connectivity index (χ3v) is 4.51. The van der Waals surface area contributed by atoms with E-state index in [1.807, 2.05) is 6.07 Å². The Hall–Kier alpha value is -1.13. The first kappa shape index (κ1) is 17.2. The van der Waals surface area contributed by atoms with Gasteiger partial charge in [0.25, 0.3) is 0 Å². The molecule has 1 fully saturated rings. The Morgan fingerprint density at radius 3 is 2.59 bits per heavy atom. The zero-order valence-corrected chi connectivity index (χ0v) is 13.9. The van der Waals surface area contributed by atoms with Crippen molar-refractivity contribution in [2.45, 2.75) is 45.8 Å². The lowest BCUT2D eigenvalue weighted by Crippen LogP contribution is -2.37. The number of hydrogen-bond donors (Lipinski definition) is 1. The molecule has 3 nitrogen and oxygen atoms in total. The Kier molecular flexibility index (Phi) is 6.21. The topological polar surface area (TPSA) is 32.7 Å². The van der Waals surface area contributed by atoms with Crippen LogP contribution in [0.5, 0.6) is 5.75 Å². The van der Waals surface area contributed by atoms with Crippen LogP contribution in [0.2, 0.25) is 0 Å². The molecule has 1 saturated heterocycles. The van der Waals surface area contributed by atoms with Crippen LogP contribution in [0.15, 0.2) is 18.2 Å². The lowest BCUT2D eigenvalue weighted by molar-refractivity contribution is 0.0436. The van der Waals surface area contributed by atoms with Crippen LogP contribution in [-0.4, -0.2) is 36.3 Å². The molecule has 124 valence electrons. The molecule has 0 aliphatic carbocycles. The molecule has 1 aliphatic rings. The van der Waals surface area contributed by atoms with Crippen LogP contribution in [0.25, 0.3) is 0 Å². The van der Waals surface area contributed by atoms with Gasteiger partial charge in [0, 0.05) is 6.54 Å². The van der Waals surface area contributed by atoms with E-state index in [1.165, 1.54) is 13.2 Å². The number of benzene rings is 1. The Morgan fingerprint density at radius 1 is 1.32 bits per heavy atom. The van der Waals surface area contributed by atoms with Gasteiger partial charge in [-0.15, -0.1) is 0 Å². The molecule has 2 rings (SSSR count). The number of ether oxygens (including phenoxy) is 1. The van der Waals surface area contributed by atoms with Gasteiger partial charge in [0.2, 0.25) is 0 Å². The van der Waals surface area contributed by atoms with Gasteiger partial charge in [-0.05, 0) is 61.9 Å². The molecule has 1 unspecified atom stereocenters.